The Balaban J connectivity index is 2.06. The van der Waals surface area contributed by atoms with E-state index >= 15 is 0 Å². The van der Waals surface area contributed by atoms with Gasteiger partial charge in [0.05, 0.1) is 12.2 Å². The van der Waals surface area contributed by atoms with E-state index in [1.54, 1.807) is 7.11 Å². The lowest BCUT2D eigenvalue weighted by Gasteiger charge is -2.27. The summed E-state index contributed by atoms with van der Waals surface area (Å²) >= 11 is 0. The highest BCUT2D eigenvalue weighted by Gasteiger charge is 2.27. The van der Waals surface area contributed by atoms with Gasteiger partial charge < -0.3 is 4.74 Å². The molecule has 0 aromatic heterocycles. The molecular weight excluding hydrogens is 92.1 g/mol. The Labute approximate surface area is 43.1 Å². The Morgan fingerprint density at radius 2 is 2.14 bits per heavy atom. The van der Waals surface area contributed by atoms with Crippen LogP contribution in [0.25, 0.3) is 0 Å². The summed E-state index contributed by atoms with van der Waals surface area (Å²) in [7, 11) is 1.65. The molecule has 0 amide bonds. The summed E-state index contributed by atoms with van der Waals surface area (Å²) in [6, 6.07) is 0. The quantitative estimate of drug-likeness (QED) is 0.475. The van der Waals surface area contributed by atoms with Gasteiger partial charge in [-0.05, 0) is 0 Å². The van der Waals surface area contributed by atoms with Crippen molar-refractivity contribution >= 4 is 0 Å². The van der Waals surface area contributed by atoms with Gasteiger partial charge in [-0.2, -0.15) is 0 Å². The molecule has 2 nitrogen and oxygen atoms in total. The molecule has 0 unspecified atom stereocenters. The van der Waals surface area contributed by atoms with Gasteiger partial charge in [0.2, 0.25) is 0 Å². The molecule has 0 saturated heterocycles. The molecule has 7 heavy (non-hydrogen) atoms. The maximum atomic E-state index is 10.3. The molecule has 0 aromatic carbocycles. The highest BCUT2D eigenvalue weighted by molar-refractivity contribution is 4.78. The van der Waals surface area contributed by atoms with E-state index in [-0.39, 0.29) is 12.2 Å². The Bertz CT molecular complexity index is 57.1. The van der Waals surface area contributed by atoms with Crippen LogP contribution in [0.15, 0.2) is 0 Å². The lowest BCUT2D eigenvalue weighted by atomic mass is 9.92. The summed E-state index contributed by atoms with van der Waals surface area (Å²) in [6.07, 6.45) is 1.39. The van der Waals surface area contributed by atoms with E-state index in [9.17, 15) is 5.11 Å². The van der Waals surface area contributed by atoms with Crippen LogP contribution in [0.1, 0.15) is 12.8 Å². The van der Waals surface area contributed by atoms with Gasteiger partial charge in [0.25, 0.3) is 0 Å². The van der Waals surface area contributed by atoms with Crippen molar-refractivity contribution in [2.45, 2.75) is 25.0 Å². The third-order valence-corrected chi connectivity index (χ3v) is 1.38. The Kier molecular flexibility index (Phi) is 1.30. The van der Waals surface area contributed by atoms with Gasteiger partial charge in [0.1, 0.15) is 0 Å². The molecule has 0 aliphatic heterocycles. The van der Waals surface area contributed by atoms with Crippen molar-refractivity contribution in [2.24, 2.45) is 0 Å². The second-order valence-electron chi connectivity index (χ2n) is 1.95. The van der Waals surface area contributed by atoms with Gasteiger partial charge in [0.15, 0.2) is 0 Å². The van der Waals surface area contributed by atoms with Crippen LogP contribution < -0.4 is 0 Å². The van der Waals surface area contributed by atoms with Crippen molar-refractivity contribution in [1.29, 1.82) is 0 Å². The number of rotatable bonds is 1. The molecule has 1 fully saturated rings. The monoisotopic (exact) mass is 101 g/mol. The predicted molar refractivity (Wildman–Crippen MR) is 24.5 cm³/mol. The molecule has 0 spiro atoms. The number of hydrogen-bond acceptors (Lipinski definition) is 1. The van der Waals surface area contributed by atoms with Gasteiger partial charge in [-0.1, -0.05) is 0 Å². The first kappa shape index (κ1) is 5.06. The van der Waals surface area contributed by atoms with E-state index in [0.717, 1.165) is 12.8 Å². The fourth-order valence-corrected chi connectivity index (χ4v) is 0.710. The standard InChI is InChI=1S/C5H9O2/c1-7-5-2-4(6)3-5/h4-5H,2-3H2,1H3. The van der Waals surface area contributed by atoms with Gasteiger partial charge in [-0.3, -0.25) is 0 Å². The van der Waals surface area contributed by atoms with Crippen LogP contribution in [0, 0.1) is 0 Å². The fourth-order valence-electron chi connectivity index (χ4n) is 0.710. The zero-order chi connectivity index (χ0) is 5.28. The topological polar surface area (TPSA) is 29.1 Å². The SMILES string of the molecule is COC1CC([O])C1. The van der Waals surface area contributed by atoms with Crippen molar-refractivity contribution in [3.63, 3.8) is 0 Å². The first-order valence-electron chi connectivity index (χ1n) is 2.51. The molecule has 0 aromatic rings. The lowest BCUT2D eigenvalue weighted by molar-refractivity contribution is -0.0807. The van der Waals surface area contributed by atoms with E-state index in [4.69, 9.17) is 4.74 Å². The van der Waals surface area contributed by atoms with Crippen LogP contribution in [0.5, 0.6) is 0 Å². The molecule has 41 valence electrons. The zero-order valence-electron chi connectivity index (χ0n) is 4.39. The molecule has 0 N–H and O–H groups in total. The smallest absolute Gasteiger partial charge is 0.0979 e. The van der Waals surface area contributed by atoms with Crippen molar-refractivity contribution in [2.75, 3.05) is 7.11 Å². The molecule has 0 bridgehead atoms. The minimum absolute atomic E-state index is 0.280. The maximum Gasteiger partial charge on any atom is 0.0979 e. The van der Waals surface area contributed by atoms with E-state index in [1.165, 1.54) is 0 Å². The second-order valence-corrected chi connectivity index (χ2v) is 1.95. The van der Waals surface area contributed by atoms with Gasteiger partial charge >= 0.3 is 0 Å². The Morgan fingerprint density at radius 3 is 2.29 bits per heavy atom. The largest absolute Gasteiger partial charge is 0.381 e. The maximum absolute atomic E-state index is 10.3. The molecule has 1 aliphatic carbocycles. The van der Waals surface area contributed by atoms with Crippen molar-refractivity contribution in [3.05, 3.63) is 0 Å². The van der Waals surface area contributed by atoms with E-state index < -0.39 is 0 Å². The van der Waals surface area contributed by atoms with Crippen LogP contribution >= 0.6 is 0 Å². The zero-order valence-corrected chi connectivity index (χ0v) is 4.39. The number of hydrogen-bond donors (Lipinski definition) is 0. The summed E-state index contributed by atoms with van der Waals surface area (Å²) in [5.74, 6) is 0. The van der Waals surface area contributed by atoms with E-state index in [2.05, 4.69) is 0 Å². The molecule has 0 heterocycles. The van der Waals surface area contributed by atoms with Gasteiger partial charge in [-0.15, -0.1) is 0 Å². The summed E-state index contributed by atoms with van der Waals surface area (Å²) in [5, 5.41) is 10.3. The van der Waals surface area contributed by atoms with E-state index in [0.29, 0.717) is 0 Å². The molecule has 1 rings (SSSR count). The Morgan fingerprint density at radius 1 is 1.57 bits per heavy atom. The second kappa shape index (κ2) is 1.80. The van der Waals surface area contributed by atoms with Crippen molar-refractivity contribution in [1.82, 2.24) is 0 Å². The third-order valence-electron chi connectivity index (χ3n) is 1.38. The summed E-state index contributed by atoms with van der Waals surface area (Å²) in [4.78, 5) is 0. The molecule has 1 saturated carbocycles. The average Bonchev–Trinajstić information content (AvgIpc) is 1.58. The highest BCUT2D eigenvalue weighted by Crippen LogP contribution is 2.22. The first-order chi connectivity index (χ1) is 3.33. The minimum atomic E-state index is -0.329. The van der Waals surface area contributed by atoms with Gasteiger partial charge in [-0.25, -0.2) is 5.11 Å². The molecule has 2 heteroatoms. The minimum Gasteiger partial charge on any atom is -0.381 e. The fraction of sp³-hybridized carbons (Fsp3) is 1.00. The Hall–Kier alpha value is -0.0800. The predicted octanol–water partition coefficient (Wildman–Crippen LogP) is 0.594. The average molecular weight is 101 g/mol. The normalized spacial score (nSPS) is 40.3. The summed E-state index contributed by atoms with van der Waals surface area (Å²) in [6.45, 7) is 0. The van der Waals surface area contributed by atoms with E-state index in [1.807, 2.05) is 0 Å². The van der Waals surface area contributed by atoms with Crippen LogP contribution in [-0.2, 0) is 9.84 Å². The van der Waals surface area contributed by atoms with Crippen molar-refractivity contribution in [3.8, 4) is 0 Å². The summed E-state index contributed by atoms with van der Waals surface area (Å²) < 4.78 is 4.86. The highest BCUT2D eigenvalue weighted by atomic mass is 16.5. The van der Waals surface area contributed by atoms with Crippen molar-refractivity contribution < 1.29 is 9.84 Å². The van der Waals surface area contributed by atoms with Crippen LogP contribution in [0.3, 0.4) is 0 Å². The molecule has 0 atom stereocenters. The third kappa shape index (κ3) is 0.924. The molecule has 1 aliphatic rings. The molecular formula is C5H9O2. The van der Waals surface area contributed by atoms with Crippen LogP contribution in [0.2, 0.25) is 0 Å². The number of ether oxygens (including phenoxy) is 1. The van der Waals surface area contributed by atoms with Crippen LogP contribution in [-0.4, -0.2) is 19.3 Å². The van der Waals surface area contributed by atoms with Gasteiger partial charge in [0, 0.05) is 20.0 Å². The first-order valence-corrected chi connectivity index (χ1v) is 2.51. The summed E-state index contributed by atoms with van der Waals surface area (Å²) in [5.41, 5.74) is 0. The molecule has 1 radical (unpaired) electrons. The van der Waals surface area contributed by atoms with Crippen LogP contribution in [0.4, 0.5) is 0 Å². The number of methoxy groups -OCH3 is 1. The lowest BCUT2D eigenvalue weighted by Crippen LogP contribution is -2.33.